The van der Waals surface area contributed by atoms with Gasteiger partial charge in [0.2, 0.25) is 11.8 Å². The van der Waals surface area contributed by atoms with E-state index in [9.17, 15) is 14.4 Å². The maximum Gasteiger partial charge on any atom is 0.329 e. The first kappa shape index (κ1) is 17.5. The standard InChI is InChI=1S/C15H26N2O4/c1-4-15(3,14(20)21)17-12(18)9-10(2)16-13(19)11-7-5-6-8-11/h10-11H,4-9H2,1-3H3,(H,16,19)(H,17,18)(H,20,21). The third kappa shape index (κ3) is 5.02. The summed E-state index contributed by atoms with van der Waals surface area (Å²) in [5.41, 5.74) is -1.26. The molecule has 0 aromatic heterocycles. The summed E-state index contributed by atoms with van der Waals surface area (Å²) in [6.07, 6.45) is 4.38. The fourth-order valence-electron chi connectivity index (χ4n) is 2.53. The first-order chi connectivity index (χ1) is 9.78. The zero-order valence-corrected chi connectivity index (χ0v) is 13.1. The molecule has 120 valence electrons. The van der Waals surface area contributed by atoms with Crippen molar-refractivity contribution in [1.29, 1.82) is 0 Å². The Morgan fingerprint density at radius 1 is 1.29 bits per heavy atom. The molecule has 6 heteroatoms. The molecule has 0 aliphatic heterocycles. The number of carboxylic acids is 1. The zero-order valence-electron chi connectivity index (χ0n) is 13.1. The second-order valence-corrected chi connectivity index (χ2v) is 6.13. The minimum absolute atomic E-state index is 0.00397. The first-order valence-electron chi connectivity index (χ1n) is 7.63. The molecule has 2 unspecified atom stereocenters. The van der Waals surface area contributed by atoms with E-state index in [2.05, 4.69) is 10.6 Å². The van der Waals surface area contributed by atoms with Crippen molar-refractivity contribution in [3.8, 4) is 0 Å². The minimum atomic E-state index is -1.26. The van der Waals surface area contributed by atoms with Gasteiger partial charge in [-0.3, -0.25) is 9.59 Å². The summed E-state index contributed by atoms with van der Waals surface area (Å²) < 4.78 is 0. The van der Waals surface area contributed by atoms with Crippen LogP contribution in [0.15, 0.2) is 0 Å². The molecule has 3 N–H and O–H groups in total. The lowest BCUT2D eigenvalue weighted by Gasteiger charge is -2.25. The maximum atomic E-state index is 11.9. The highest BCUT2D eigenvalue weighted by molar-refractivity contribution is 5.87. The molecule has 1 saturated carbocycles. The molecule has 6 nitrogen and oxygen atoms in total. The fourth-order valence-corrected chi connectivity index (χ4v) is 2.53. The molecular weight excluding hydrogens is 272 g/mol. The number of carbonyl (C=O) groups excluding carboxylic acids is 2. The molecule has 0 radical (unpaired) electrons. The molecular formula is C15H26N2O4. The normalized spacial score (nSPS) is 19.6. The molecule has 1 aliphatic carbocycles. The highest BCUT2D eigenvalue weighted by Crippen LogP contribution is 2.24. The number of hydrogen-bond donors (Lipinski definition) is 3. The number of carbonyl (C=O) groups is 3. The van der Waals surface area contributed by atoms with Crippen LogP contribution in [0.4, 0.5) is 0 Å². The predicted molar refractivity (Wildman–Crippen MR) is 78.7 cm³/mol. The molecule has 0 saturated heterocycles. The molecule has 0 spiro atoms. The summed E-state index contributed by atoms with van der Waals surface area (Å²) in [7, 11) is 0. The van der Waals surface area contributed by atoms with Crippen molar-refractivity contribution in [2.45, 2.75) is 70.9 Å². The van der Waals surface area contributed by atoms with Crippen LogP contribution in [0.5, 0.6) is 0 Å². The van der Waals surface area contributed by atoms with E-state index in [0.717, 1.165) is 25.7 Å². The zero-order chi connectivity index (χ0) is 16.0. The van der Waals surface area contributed by atoms with Gasteiger partial charge in [-0.05, 0) is 33.1 Å². The van der Waals surface area contributed by atoms with E-state index in [1.165, 1.54) is 6.92 Å². The smallest absolute Gasteiger partial charge is 0.329 e. The van der Waals surface area contributed by atoms with Crippen LogP contribution in [0.1, 0.15) is 59.3 Å². The summed E-state index contributed by atoms with van der Waals surface area (Å²) in [5, 5.41) is 14.5. The van der Waals surface area contributed by atoms with Gasteiger partial charge in [0.05, 0.1) is 0 Å². The van der Waals surface area contributed by atoms with Gasteiger partial charge in [-0.1, -0.05) is 19.8 Å². The van der Waals surface area contributed by atoms with Crippen LogP contribution in [-0.2, 0) is 14.4 Å². The number of rotatable bonds is 7. The van der Waals surface area contributed by atoms with E-state index in [-0.39, 0.29) is 30.2 Å². The van der Waals surface area contributed by atoms with Crippen LogP contribution in [0, 0.1) is 5.92 Å². The van der Waals surface area contributed by atoms with Gasteiger partial charge in [-0.2, -0.15) is 0 Å². The Kier molecular flexibility index (Phi) is 6.18. The molecule has 0 heterocycles. The number of hydrogen-bond acceptors (Lipinski definition) is 3. The number of amides is 2. The van der Waals surface area contributed by atoms with Crippen LogP contribution in [0.25, 0.3) is 0 Å². The third-order valence-corrected chi connectivity index (χ3v) is 4.20. The molecule has 1 aliphatic rings. The molecule has 1 fully saturated rings. The van der Waals surface area contributed by atoms with Crippen molar-refractivity contribution in [1.82, 2.24) is 10.6 Å². The molecule has 0 aromatic rings. The third-order valence-electron chi connectivity index (χ3n) is 4.20. The van der Waals surface area contributed by atoms with Crippen LogP contribution in [0.3, 0.4) is 0 Å². The lowest BCUT2D eigenvalue weighted by atomic mass is 9.98. The lowest BCUT2D eigenvalue weighted by Crippen LogP contribution is -2.53. The van der Waals surface area contributed by atoms with Crippen LogP contribution in [0.2, 0.25) is 0 Å². The maximum absolute atomic E-state index is 11.9. The molecule has 0 aromatic carbocycles. The summed E-state index contributed by atoms with van der Waals surface area (Å²) in [4.78, 5) is 35.0. The fraction of sp³-hybridized carbons (Fsp3) is 0.800. The van der Waals surface area contributed by atoms with E-state index >= 15 is 0 Å². The highest BCUT2D eigenvalue weighted by atomic mass is 16.4. The van der Waals surface area contributed by atoms with Crippen LogP contribution < -0.4 is 10.6 Å². The van der Waals surface area contributed by atoms with Crippen molar-refractivity contribution in [3.63, 3.8) is 0 Å². The van der Waals surface area contributed by atoms with E-state index in [4.69, 9.17) is 5.11 Å². The van der Waals surface area contributed by atoms with E-state index in [1.807, 2.05) is 0 Å². The summed E-state index contributed by atoms with van der Waals surface area (Å²) >= 11 is 0. The first-order valence-corrected chi connectivity index (χ1v) is 7.63. The summed E-state index contributed by atoms with van der Waals surface area (Å²) in [6.45, 7) is 4.95. The monoisotopic (exact) mass is 298 g/mol. The predicted octanol–water partition coefficient (Wildman–Crippen LogP) is 1.44. The molecule has 2 atom stereocenters. The Bertz CT molecular complexity index is 404. The van der Waals surface area contributed by atoms with Gasteiger partial charge in [0.25, 0.3) is 0 Å². The van der Waals surface area contributed by atoms with E-state index in [0.29, 0.717) is 6.42 Å². The number of carboxylic acid groups (broad SMARTS) is 1. The topological polar surface area (TPSA) is 95.5 Å². The van der Waals surface area contributed by atoms with E-state index in [1.54, 1.807) is 13.8 Å². The summed E-state index contributed by atoms with van der Waals surface area (Å²) in [5.74, 6) is -1.35. The van der Waals surface area contributed by atoms with Crippen molar-refractivity contribution in [2.24, 2.45) is 5.92 Å². The SMILES string of the molecule is CCC(C)(NC(=O)CC(C)NC(=O)C1CCCC1)C(=O)O. The van der Waals surface area contributed by atoms with Gasteiger partial charge in [-0.15, -0.1) is 0 Å². The van der Waals surface area contributed by atoms with Gasteiger partial charge in [0, 0.05) is 18.4 Å². The van der Waals surface area contributed by atoms with Gasteiger partial charge in [0.15, 0.2) is 0 Å². The Hall–Kier alpha value is -1.59. The molecule has 1 rings (SSSR count). The molecule has 0 bridgehead atoms. The Morgan fingerprint density at radius 3 is 2.33 bits per heavy atom. The van der Waals surface area contributed by atoms with Crippen LogP contribution in [-0.4, -0.2) is 34.5 Å². The highest BCUT2D eigenvalue weighted by Gasteiger charge is 2.33. The van der Waals surface area contributed by atoms with Crippen molar-refractivity contribution >= 4 is 17.8 Å². The van der Waals surface area contributed by atoms with Crippen molar-refractivity contribution in [3.05, 3.63) is 0 Å². The average molecular weight is 298 g/mol. The Balaban J connectivity index is 2.43. The Morgan fingerprint density at radius 2 is 1.86 bits per heavy atom. The van der Waals surface area contributed by atoms with Gasteiger partial charge in [-0.25, -0.2) is 4.79 Å². The largest absolute Gasteiger partial charge is 0.480 e. The second kappa shape index (κ2) is 7.43. The Labute approximate surface area is 125 Å². The second-order valence-electron chi connectivity index (χ2n) is 6.13. The number of aliphatic carboxylic acids is 1. The molecule has 21 heavy (non-hydrogen) atoms. The minimum Gasteiger partial charge on any atom is -0.480 e. The van der Waals surface area contributed by atoms with Gasteiger partial charge >= 0.3 is 5.97 Å². The lowest BCUT2D eigenvalue weighted by molar-refractivity contribution is -0.147. The number of nitrogens with one attached hydrogen (secondary N) is 2. The quantitative estimate of drug-likeness (QED) is 0.662. The average Bonchev–Trinajstić information content (AvgIpc) is 2.91. The van der Waals surface area contributed by atoms with E-state index < -0.39 is 11.5 Å². The summed E-state index contributed by atoms with van der Waals surface area (Å²) in [6, 6.07) is -0.298. The van der Waals surface area contributed by atoms with Crippen molar-refractivity contribution < 1.29 is 19.5 Å². The van der Waals surface area contributed by atoms with Crippen LogP contribution >= 0.6 is 0 Å². The van der Waals surface area contributed by atoms with Gasteiger partial charge in [0.1, 0.15) is 5.54 Å². The molecule has 2 amide bonds. The van der Waals surface area contributed by atoms with Gasteiger partial charge < -0.3 is 15.7 Å². The van der Waals surface area contributed by atoms with Crippen molar-refractivity contribution in [2.75, 3.05) is 0 Å².